The Kier molecular flexibility index (Phi) is 6.13. The fraction of sp³-hybridized carbons (Fsp3) is 0.250. The summed E-state index contributed by atoms with van der Waals surface area (Å²) in [6.45, 7) is 5.15. The van der Waals surface area contributed by atoms with Crippen LogP contribution in [0.4, 0.5) is 4.39 Å². The number of para-hydroxylation sites is 1. The van der Waals surface area contributed by atoms with Crippen LogP contribution in [0.1, 0.15) is 36.8 Å². The van der Waals surface area contributed by atoms with Crippen molar-refractivity contribution >= 4 is 0 Å². The molecule has 31 heavy (non-hydrogen) atoms. The summed E-state index contributed by atoms with van der Waals surface area (Å²) in [5.74, 6) is 1.16. The van der Waals surface area contributed by atoms with E-state index in [1.165, 1.54) is 13.2 Å². The lowest BCUT2D eigenvalue weighted by Crippen LogP contribution is -2.12. The lowest BCUT2D eigenvalue weighted by Gasteiger charge is -2.06. The normalized spacial score (nSPS) is 11.3. The highest BCUT2D eigenvalue weighted by atomic mass is 19.1. The molecule has 0 aliphatic heterocycles. The average Bonchev–Trinajstić information content (AvgIpc) is 3.42. The van der Waals surface area contributed by atoms with Crippen molar-refractivity contribution in [1.82, 2.24) is 20.3 Å². The summed E-state index contributed by atoms with van der Waals surface area (Å²) in [5, 5.41) is 12.1. The number of nitrogens with zero attached hydrogens (tertiary/aromatic N) is 3. The molecule has 0 spiro atoms. The van der Waals surface area contributed by atoms with Crippen LogP contribution in [0.5, 0.6) is 5.75 Å². The molecule has 1 N–H and O–H groups in total. The Labute approximate surface area is 180 Å². The van der Waals surface area contributed by atoms with Crippen molar-refractivity contribution in [3.05, 3.63) is 83.6 Å². The first kappa shape index (κ1) is 20.8. The van der Waals surface area contributed by atoms with Crippen LogP contribution < -0.4 is 10.1 Å². The van der Waals surface area contributed by atoms with Gasteiger partial charge >= 0.3 is 0 Å². The third-order valence-corrected chi connectivity index (χ3v) is 5.03. The number of ether oxygens (including phenoxy) is 1. The van der Waals surface area contributed by atoms with Crippen LogP contribution in [0.25, 0.3) is 16.9 Å². The second-order valence-corrected chi connectivity index (χ2v) is 7.61. The van der Waals surface area contributed by atoms with Crippen LogP contribution in [0.15, 0.2) is 65.3 Å². The fourth-order valence-electron chi connectivity index (χ4n) is 3.30. The minimum absolute atomic E-state index is 0.311. The first-order valence-electron chi connectivity index (χ1n) is 10.2. The molecule has 0 amide bonds. The van der Waals surface area contributed by atoms with Gasteiger partial charge in [0.2, 0.25) is 0 Å². The molecule has 0 aliphatic carbocycles. The molecule has 160 valence electrons. The van der Waals surface area contributed by atoms with Gasteiger partial charge in [-0.15, -0.1) is 0 Å². The first-order valence-corrected chi connectivity index (χ1v) is 10.2. The van der Waals surface area contributed by atoms with Gasteiger partial charge in [-0.1, -0.05) is 37.2 Å². The van der Waals surface area contributed by atoms with E-state index >= 15 is 0 Å². The monoisotopic (exact) mass is 420 g/mol. The minimum atomic E-state index is -0.379. The molecule has 2 aromatic carbocycles. The predicted octanol–water partition coefficient (Wildman–Crippen LogP) is 5.09. The second-order valence-electron chi connectivity index (χ2n) is 7.61. The van der Waals surface area contributed by atoms with Gasteiger partial charge < -0.3 is 14.6 Å². The zero-order valence-electron chi connectivity index (χ0n) is 17.8. The van der Waals surface area contributed by atoms with Gasteiger partial charge in [-0.25, -0.2) is 9.07 Å². The molecule has 0 radical (unpaired) electrons. The summed E-state index contributed by atoms with van der Waals surface area (Å²) < 4.78 is 27.1. The molecular weight excluding hydrogens is 395 g/mol. The molecule has 0 bridgehead atoms. The SMILES string of the molecule is COc1ccc(-c2nn(-c3ccccc3)cc2CNCc2cc(C(C)C)no2)c(F)c1. The third kappa shape index (κ3) is 4.67. The van der Waals surface area contributed by atoms with E-state index in [4.69, 9.17) is 9.26 Å². The molecule has 6 nitrogen and oxygen atoms in total. The largest absolute Gasteiger partial charge is 0.497 e. The van der Waals surface area contributed by atoms with Crippen molar-refractivity contribution in [2.24, 2.45) is 0 Å². The van der Waals surface area contributed by atoms with E-state index in [0.29, 0.717) is 36.0 Å². The maximum atomic E-state index is 14.8. The van der Waals surface area contributed by atoms with E-state index < -0.39 is 0 Å². The third-order valence-electron chi connectivity index (χ3n) is 5.03. The number of rotatable bonds is 8. The molecule has 4 aromatic rings. The summed E-state index contributed by atoms with van der Waals surface area (Å²) >= 11 is 0. The van der Waals surface area contributed by atoms with Gasteiger partial charge in [0.1, 0.15) is 17.3 Å². The van der Waals surface area contributed by atoms with Crippen LogP contribution in [-0.2, 0) is 13.1 Å². The molecule has 0 unspecified atom stereocenters. The van der Waals surface area contributed by atoms with Gasteiger partial charge in [0, 0.05) is 36.0 Å². The number of aromatic nitrogens is 3. The Morgan fingerprint density at radius 2 is 1.90 bits per heavy atom. The highest BCUT2D eigenvalue weighted by Crippen LogP contribution is 2.29. The van der Waals surface area contributed by atoms with Crippen LogP contribution in [0.3, 0.4) is 0 Å². The predicted molar refractivity (Wildman–Crippen MR) is 117 cm³/mol. The molecule has 7 heteroatoms. The quantitative estimate of drug-likeness (QED) is 0.430. The lowest BCUT2D eigenvalue weighted by atomic mass is 10.1. The Morgan fingerprint density at radius 3 is 2.58 bits per heavy atom. The molecule has 0 aliphatic rings. The summed E-state index contributed by atoms with van der Waals surface area (Å²) in [6.07, 6.45) is 1.92. The topological polar surface area (TPSA) is 65.1 Å². The first-order chi connectivity index (χ1) is 15.0. The van der Waals surface area contributed by atoms with Crippen molar-refractivity contribution in [2.75, 3.05) is 7.11 Å². The highest BCUT2D eigenvalue weighted by molar-refractivity contribution is 5.65. The van der Waals surface area contributed by atoms with Crippen molar-refractivity contribution in [2.45, 2.75) is 32.9 Å². The van der Waals surface area contributed by atoms with Gasteiger partial charge in [-0.2, -0.15) is 5.10 Å². The second kappa shape index (κ2) is 9.14. The number of hydrogen-bond acceptors (Lipinski definition) is 5. The average molecular weight is 420 g/mol. The van der Waals surface area contributed by atoms with Gasteiger partial charge in [-0.05, 0) is 30.2 Å². The Bertz CT molecular complexity index is 1150. The van der Waals surface area contributed by atoms with E-state index in [2.05, 4.69) is 29.4 Å². The zero-order chi connectivity index (χ0) is 21.8. The van der Waals surface area contributed by atoms with E-state index in [1.807, 2.05) is 42.6 Å². The summed E-state index contributed by atoms with van der Waals surface area (Å²) in [6, 6.07) is 16.5. The summed E-state index contributed by atoms with van der Waals surface area (Å²) in [5.41, 5.74) is 3.71. The van der Waals surface area contributed by atoms with E-state index in [-0.39, 0.29) is 5.82 Å². The lowest BCUT2D eigenvalue weighted by molar-refractivity contribution is 0.365. The van der Waals surface area contributed by atoms with Gasteiger partial charge in [0.05, 0.1) is 25.0 Å². The highest BCUT2D eigenvalue weighted by Gasteiger charge is 2.17. The molecular formula is C24H25FN4O2. The number of methoxy groups -OCH3 is 1. The Hall–Kier alpha value is -3.45. The molecule has 0 saturated heterocycles. The smallest absolute Gasteiger partial charge is 0.150 e. The number of halogens is 1. The van der Waals surface area contributed by atoms with Gasteiger partial charge in [-0.3, -0.25) is 0 Å². The molecule has 2 aromatic heterocycles. The summed E-state index contributed by atoms with van der Waals surface area (Å²) in [4.78, 5) is 0. The van der Waals surface area contributed by atoms with Crippen LogP contribution in [0, 0.1) is 5.82 Å². The minimum Gasteiger partial charge on any atom is -0.497 e. The van der Waals surface area contributed by atoms with Crippen LogP contribution >= 0.6 is 0 Å². The molecule has 0 atom stereocenters. The Balaban J connectivity index is 1.61. The molecule has 2 heterocycles. The zero-order valence-corrected chi connectivity index (χ0v) is 17.8. The van der Waals surface area contributed by atoms with E-state index in [1.54, 1.807) is 16.8 Å². The summed E-state index contributed by atoms with van der Waals surface area (Å²) in [7, 11) is 1.52. The van der Waals surface area contributed by atoms with Gasteiger partial charge in [0.15, 0.2) is 5.76 Å². The van der Waals surface area contributed by atoms with Crippen LogP contribution in [0.2, 0.25) is 0 Å². The van der Waals surface area contributed by atoms with Gasteiger partial charge in [0.25, 0.3) is 0 Å². The number of benzene rings is 2. The molecule has 4 rings (SSSR count). The van der Waals surface area contributed by atoms with Crippen molar-refractivity contribution in [3.63, 3.8) is 0 Å². The Morgan fingerprint density at radius 1 is 1.10 bits per heavy atom. The number of hydrogen-bond donors (Lipinski definition) is 1. The van der Waals surface area contributed by atoms with E-state index in [0.717, 1.165) is 22.7 Å². The maximum Gasteiger partial charge on any atom is 0.150 e. The van der Waals surface area contributed by atoms with Crippen molar-refractivity contribution in [3.8, 4) is 22.7 Å². The van der Waals surface area contributed by atoms with Crippen LogP contribution in [-0.4, -0.2) is 22.0 Å². The molecule has 0 saturated carbocycles. The number of nitrogens with one attached hydrogen (secondary N) is 1. The maximum absolute atomic E-state index is 14.8. The van der Waals surface area contributed by atoms with E-state index in [9.17, 15) is 4.39 Å². The van der Waals surface area contributed by atoms with Crippen molar-refractivity contribution < 1.29 is 13.7 Å². The molecule has 0 fully saturated rings. The standard InChI is InChI=1S/C24H25FN4O2/c1-16(2)23-12-20(31-28-23)14-26-13-17-15-29(18-7-5-4-6-8-18)27-24(17)21-10-9-19(30-3)11-22(21)25/h4-12,15-16,26H,13-14H2,1-3H3. The fourth-order valence-corrected chi connectivity index (χ4v) is 3.30. The van der Waals surface area contributed by atoms with Crippen molar-refractivity contribution in [1.29, 1.82) is 0 Å².